The van der Waals surface area contributed by atoms with Crippen LogP contribution < -0.4 is 19.7 Å². The molecule has 0 saturated heterocycles. The molecule has 1 aliphatic heterocycles. The molecule has 1 aliphatic carbocycles. The Morgan fingerprint density at radius 3 is 2.36 bits per heavy atom. The number of aromatic nitrogens is 1. The predicted octanol–water partition coefficient (Wildman–Crippen LogP) is 4.79. The summed E-state index contributed by atoms with van der Waals surface area (Å²) in [5.74, 6) is 0.420. The lowest BCUT2D eigenvalue weighted by Gasteiger charge is -2.35. The second-order valence-corrected chi connectivity index (χ2v) is 13.5. The van der Waals surface area contributed by atoms with Gasteiger partial charge in [-0.3, -0.25) is 9.62 Å². The first kappa shape index (κ1) is 28.5. The summed E-state index contributed by atoms with van der Waals surface area (Å²) in [6.07, 6.45) is 1.33. The van der Waals surface area contributed by atoms with Crippen LogP contribution in [0.2, 0.25) is 0 Å². The number of sulfonamides is 1. The number of hydrogen-bond donors (Lipinski definition) is 2. The Kier molecular flexibility index (Phi) is 7.70. The largest absolute Gasteiger partial charge is 0.469 e. The summed E-state index contributed by atoms with van der Waals surface area (Å²) in [6, 6.07) is 8.41. The molecule has 2 amide bonds. The van der Waals surface area contributed by atoms with Gasteiger partial charge in [-0.1, -0.05) is 12.1 Å². The average molecular weight is 561 g/mol. The second kappa shape index (κ2) is 10.6. The van der Waals surface area contributed by atoms with Crippen LogP contribution in [0.3, 0.4) is 0 Å². The maximum atomic E-state index is 14.0. The Labute approximate surface area is 229 Å². The van der Waals surface area contributed by atoms with Crippen LogP contribution in [0.4, 0.5) is 21.0 Å². The van der Waals surface area contributed by atoms with Crippen LogP contribution >= 0.6 is 0 Å². The highest BCUT2D eigenvalue weighted by atomic mass is 32.2. The number of ether oxygens (including phenoxy) is 3. The standard InChI is InChI=1S/C27H36N4O7S/c1-26(2,3)37-24(32)29-15-20-16-31(39(34,35)21-9-7-8-18(12-21)17-10-11-17)22-13-19(14-28-23(22)36-20)30-25(33)38-27(4,5)6/h7-9,12-14,17,20H,10-11,15-16H2,1-6H3,(H,29,32)(H,30,33). The predicted molar refractivity (Wildman–Crippen MR) is 146 cm³/mol. The summed E-state index contributed by atoms with van der Waals surface area (Å²) < 4.78 is 45.7. The van der Waals surface area contributed by atoms with Gasteiger partial charge in [0.1, 0.15) is 23.0 Å². The number of anilines is 2. The molecule has 0 spiro atoms. The maximum absolute atomic E-state index is 14.0. The lowest BCUT2D eigenvalue weighted by molar-refractivity contribution is 0.0499. The molecule has 1 aromatic heterocycles. The van der Waals surface area contributed by atoms with Gasteiger partial charge in [0, 0.05) is 0 Å². The van der Waals surface area contributed by atoms with E-state index in [1.54, 1.807) is 59.7 Å². The average Bonchev–Trinajstić information content (AvgIpc) is 3.66. The molecule has 1 fully saturated rings. The van der Waals surface area contributed by atoms with Crippen molar-refractivity contribution in [1.29, 1.82) is 0 Å². The Bertz CT molecular complexity index is 1340. The molecule has 2 heterocycles. The van der Waals surface area contributed by atoms with Gasteiger partial charge in [0.15, 0.2) is 0 Å². The quantitative estimate of drug-likeness (QED) is 0.515. The van der Waals surface area contributed by atoms with Crippen molar-refractivity contribution in [2.45, 2.75) is 82.5 Å². The topological polar surface area (TPSA) is 136 Å². The second-order valence-electron chi connectivity index (χ2n) is 11.7. The first-order chi connectivity index (χ1) is 18.1. The zero-order valence-electron chi connectivity index (χ0n) is 23.1. The van der Waals surface area contributed by atoms with E-state index in [4.69, 9.17) is 14.2 Å². The molecule has 0 radical (unpaired) electrons. The highest BCUT2D eigenvalue weighted by molar-refractivity contribution is 7.92. The van der Waals surface area contributed by atoms with E-state index < -0.39 is 39.5 Å². The number of fused-ring (bicyclic) bond motifs is 1. The number of amides is 2. The van der Waals surface area contributed by atoms with Crippen molar-refractivity contribution in [3.05, 3.63) is 42.1 Å². The molecule has 12 heteroatoms. The minimum Gasteiger partial charge on any atom is -0.469 e. The highest BCUT2D eigenvalue weighted by Crippen LogP contribution is 2.42. The van der Waals surface area contributed by atoms with Crippen LogP contribution in [-0.2, 0) is 19.5 Å². The van der Waals surface area contributed by atoms with E-state index in [1.807, 2.05) is 6.07 Å². The zero-order chi connectivity index (χ0) is 28.6. The van der Waals surface area contributed by atoms with E-state index in [0.717, 1.165) is 18.4 Å². The number of nitrogens with zero attached hydrogens (tertiary/aromatic N) is 2. The van der Waals surface area contributed by atoms with Gasteiger partial charge in [-0.2, -0.15) is 0 Å². The van der Waals surface area contributed by atoms with Crippen molar-refractivity contribution in [2.24, 2.45) is 0 Å². The van der Waals surface area contributed by atoms with Crippen molar-refractivity contribution in [3.8, 4) is 5.88 Å². The lowest BCUT2D eigenvalue weighted by Crippen LogP contribution is -2.49. The molecule has 0 bridgehead atoms. The third-order valence-corrected chi connectivity index (χ3v) is 7.54. The number of benzene rings is 1. The summed E-state index contributed by atoms with van der Waals surface area (Å²) in [5.41, 5.74) is -0.0278. The molecule has 2 aliphatic rings. The van der Waals surface area contributed by atoms with Crippen LogP contribution in [-0.4, -0.2) is 56.0 Å². The van der Waals surface area contributed by atoms with Gasteiger partial charge in [0.05, 0.1) is 29.9 Å². The molecule has 2 N–H and O–H groups in total. The summed E-state index contributed by atoms with van der Waals surface area (Å²) in [5, 5.41) is 5.23. The minimum atomic E-state index is -4.05. The third kappa shape index (κ3) is 7.53. The van der Waals surface area contributed by atoms with Crippen LogP contribution in [0.25, 0.3) is 0 Å². The SMILES string of the molecule is CC(C)(C)OC(=O)NCC1CN(S(=O)(=O)c2cccc(C3CC3)c2)c2cc(NC(=O)OC(C)(C)C)cnc2O1. The molecule has 1 unspecified atom stereocenters. The van der Waals surface area contributed by atoms with E-state index in [-0.39, 0.29) is 35.2 Å². The smallest absolute Gasteiger partial charge is 0.412 e. The number of carbonyl (C=O) groups is 2. The summed E-state index contributed by atoms with van der Waals surface area (Å²) >= 11 is 0. The number of nitrogens with one attached hydrogen (secondary N) is 2. The van der Waals surface area contributed by atoms with Gasteiger partial charge in [-0.05, 0) is 84.1 Å². The molecule has 11 nitrogen and oxygen atoms in total. The molecule has 212 valence electrons. The molecule has 1 saturated carbocycles. The fraction of sp³-hybridized carbons (Fsp3) is 0.519. The van der Waals surface area contributed by atoms with E-state index in [9.17, 15) is 18.0 Å². The fourth-order valence-electron chi connectivity index (χ4n) is 4.00. The van der Waals surface area contributed by atoms with Crippen LogP contribution in [0.1, 0.15) is 65.9 Å². The zero-order valence-corrected chi connectivity index (χ0v) is 23.9. The van der Waals surface area contributed by atoms with Crippen LogP contribution in [0, 0.1) is 0 Å². The van der Waals surface area contributed by atoms with E-state index >= 15 is 0 Å². The van der Waals surface area contributed by atoms with Crippen molar-refractivity contribution < 1.29 is 32.2 Å². The highest BCUT2D eigenvalue weighted by Gasteiger charge is 2.37. The van der Waals surface area contributed by atoms with Gasteiger partial charge in [0.2, 0.25) is 5.88 Å². The number of rotatable bonds is 6. The van der Waals surface area contributed by atoms with E-state index in [0.29, 0.717) is 5.92 Å². The van der Waals surface area contributed by atoms with Crippen molar-refractivity contribution in [2.75, 3.05) is 22.7 Å². The molecule has 4 rings (SSSR count). The van der Waals surface area contributed by atoms with Crippen LogP contribution in [0.15, 0.2) is 41.4 Å². The third-order valence-electron chi connectivity index (χ3n) is 5.76. The van der Waals surface area contributed by atoms with E-state index in [2.05, 4.69) is 15.6 Å². The maximum Gasteiger partial charge on any atom is 0.412 e. The minimum absolute atomic E-state index is 0.0118. The summed E-state index contributed by atoms with van der Waals surface area (Å²) in [6.45, 7) is 10.3. The normalized spacial score (nSPS) is 17.5. The Hall–Kier alpha value is -3.54. The molecular formula is C27H36N4O7S. The lowest BCUT2D eigenvalue weighted by atomic mass is 10.1. The Morgan fingerprint density at radius 1 is 1.05 bits per heavy atom. The van der Waals surface area contributed by atoms with Gasteiger partial charge < -0.3 is 19.5 Å². The van der Waals surface area contributed by atoms with Gasteiger partial charge in [-0.15, -0.1) is 0 Å². The molecule has 39 heavy (non-hydrogen) atoms. The molecule has 1 atom stereocenters. The molecule has 1 aromatic carbocycles. The van der Waals surface area contributed by atoms with Gasteiger partial charge >= 0.3 is 12.2 Å². The van der Waals surface area contributed by atoms with Crippen molar-refractivity contribution in [3.63, 3.8) is 0 Å². The first-order valence-corrected chi connectivity index (χ1v) is 14.3. The molecule has 2 aromatic rings. The van der Waals surface area contributed by atoms with Crippen LogP contribution in [0.5, 0.6) is 5.88 Å². The number of carbonyl (C=O) groups excluding carboxylic acids is 2. The van der Waals surface area contributed by atoms with Gasteiger partial charge in [0.25, 0.3) is 10.0 Å². The Balaban J connectivity index is 1.63. The van der Waals surface area contributed by atoms with Crippen molar-refractivity contribution >= 4 is 33.6 Å². The van der Waals surface area contributed by atoms with E-state index in [1.165, 1.54) is 16.6 Å². The number of hydrogen-bond acceptors (Lipinski definition) is 8. The monoisotopic (exact) mass is 560 g/mol. The summed E-state index contributed by atoms with van der Waals surface area (Å²) in [4.78, 5) is 29.0. The number of alkyl carbamates (subject to hydrolysis) is 1. The van der Waals surface area contributed by atoms with Gasteiger partial charge in [-0.25, -0.2) is 23.0 Å². The Morgan fingerprint density at radius 2 is 1.72 bits per heavy atom. The number of pyridine rings is 1. The fourth-order valence-corrected chi connectivity index (χ4v) is 5.54. The van der Waals surface area contributed by atoms with Crippen molar-refractivity contribution in [1.82, 2.24) is 10.3 Å². The molecular weight excluding hydrogens is 524 g/mol. The summed E-state index contributed by atoms with van der Waals surface area (Å²) in [7, 11) is -4.05. The first-order valence-electron chi connectivity index (χ1n) is 12.9.